The van der Waals surface area contributed by atoms with Crippen LogP contribution in [0.3, 0.4) is 0 Å². The lowest BCUT2D eigenvalue weighted by Gasteiger charge is -2.16. The number of nitrogens with zero attached hydrogens (tertiary/aromatic N) is 1. The fourth-order valence-electron chi connectivity index (χ4n) is 2.48. The number of hydrogen-bond acceptors (Lipinski definition) is 7. The SMILES string of the molecule is CCOC(=O)C=Cc1ccc(OCC(O)COC(C)C)cc1Oc1ncc(C(F)(F)F)cc1Cl. The van der Waals surface area contributed by atoms with Crippen LogP contribution in [0, 0.1) is 0 Å². The van der Waals surface area contributed by atoms with E-state index in [4.69, 9.17) is 30.5 Å². The number of carbonyl (C=O) groups is 1. The fourth-order valence-corrected chi connectivity index (χ4v) is 2.69. The minimum Gasteiger partial charge on any atom is -0.491 e. The average Bonchev–Trinajstić information content (AvgIpc) is 2.76. The van der Waals surface area contributed by atoms with E-state index in [0.29, 0.717) is 17.8 Å². The number of alkyl halides is 3. The summed E-state index contributed by atoms with van der Waals surface area (Å²) in [4.78, 5) is 15.3. The van der Waals surface area contributed by atoms with E-state index in [9.17, 15) is 23.1 Å². The Morgan fingerprint density at radius 2 is 1.97 bits per heavy atom. The summed E-state index contributed by atoms with van der Waals surface area (Å²) in [7, 11) is 0. The minimum absolute atomic E-state index is 0.0545. The molecule has 1 aromatic heterocycles. The van der Waals surface area contributed by atoms with Gasteiger partial charge in [0.25, 0.3) is 0 Å². The van der Waals surface area contributed by atoms with Gasteiger partial charge in [-0.25, -0.2) is 9.78 Å². The van der Waals surface area contributed by atoms with Crippen molar-refractivity contribution in [3.05, 3.63) is 52.7 Å². The first-order chi connectivity index (χ1) is 16.0. The van der Waals surface area contributed by atoms with E-state index < -0.39 is 23.8 Å². The number of carbonyl (C=O) groups excluding carboxylic acids is 1. The number of hydrogen-bond donors (Lipinski definition) is 1. The lowest BCUT2D eigenvalue weighted by Crippen LogP contribution is -2.25. The van der Waals surface area contributed by atoms with Gasteiger partial charge in [0.1, 0.15) is 29.2 Å². The van der Waals surface area contributed by atoms with Crippen LogP contribution in [0.1, 0.15) is 31.9 Å². The Hall–Kier alpha value is -2.82. The first-order valence-corrected chi connectivity index (χ1v) is 10.7. The standard InChI is InChI=1S/C23H25ClF3NO6/c1-4-31-21(30)8-6-15-5-7-18(33-13-17(29)12-32-14(2)3)10-20(15)34-22-19(24)9-16(11-28-22)23(25,26)27/h5-11,14,17,29H,4,12-13H2,1-3H3. The summed E-state index contributed by atoms with van der Waals surface area (Å²) in [6.45, 7) is 5.51. The Morgan fingerprint density at radius 3 is 2.59 bits per heavy atom. The Balaban J connectivity index is 2.28. The van der Waals surface area contributed by atoms with Crippen LogP contribution in [0.2, 0.25) is 5.02 Å². The number of rotatable bonds is 11. The van der Waals surface area contributed by atoms with Crippen LogP contribution in [0.25, 0.3) is 6.08 Å². The van der Waals surface area contributed by atoms with E-state index in [1.165, 1.54) is 18.2 Å². The van der Waals surface area contributed by atoms with Crippen molar-refractivity contribution >= 4 is 23.6 Å². The molecule has 1 atom stereocenters. The smallest absolute Gasteiger partial charge is 0.417 e. The predicted octanol–water partition coefficient (Wildman–Crippen LogP) is 5.29. The summed E-state index contributed by atoms with van der Waals surface area (Å²) in [6, 6.07) is 5.24. The van der Waals surface area contributed by atoms with Gasteiger partial charge in [-0.3, -0.25) is 0 Å². The Bertz CT molecular complexity index is 997. The Labute approximate surface area is 200 Å². The summed E-state index contributed by atoms with van der Waals surface area (Å²) in [5.41, 5.74) is -0.649. The van der Waals surface area contributed by atoms with E-state index in [0.717, 1.165) is 0 Å². The minimum atomic E-state index is -4.61. The first kappa shape index (κ1) is 27.4. The molecule has 1 N–H and O–H groups in total. The zero-order valence-electron chi connectivity index (χ0n) is 18.8. The second-order valence-corrected chi connectivity index (χ2v) is 7.65. The largest absolute Gasteiger partial charge is 0.491 e. The number of aliphatic hydroxyl groups excluding tert-OH is 1. The van der Waals surface area contributed by atoms with Crippen LogP contribution >= 0.6 is 11.6 Å². The van der Waals surface area contributed by atoms with Gasteiger partial charge in [-0.15, -0.1) is 0 Å². The van der Waals surface area contributed by atoms with Crippen molar-refractivity contribution in [1.82, 2.24) is 4.98 Å². The summed E-state index contributed by atoms with van der Waals surface area (Å²) in [6.07, 6.45) is -2.39. The van der Waals surface area contributed by atoms with Crippen molar-refractivity contribution < 1.29 is 42.0 Å². The second-order valence-electron chi connectivity index (χ2n) is 7.24. The molecule has 7 nitrogen and oxygen atoms in total. The molecule has 0 aliphatic heterocycles. The highest BCUT2D eigenvalue weighted by Gasteiger charge is 2.32. The third-order valence-electron chi connectivity index (χ3n) is 4.08. The summed E-state index contributed by atoms with van der Waals surface area (Å²) < 4.78 is 60.1. The van der Waals surface area contributed by atoms with Gasteiger partial charge in [0, 0.05) is 23.9 Å². The molecule has 0 bridgehead atoms. The molecule has 34 heavy (non-hydrogen) atoms. The first-order valence-electron chi connectivity index (χ1n) is 10.3. The van der Waals surface area contributed by atoms with Gasteiger partial charge < -0.3 is 24.1 Å². The number of halogens is 4. The van der Waals surface area contributed by atoms with Crippen molar-refractivity contribution in [2.45, 2.75) is 39.2 Å². The molecule has 0 aliphatic rings. The van der Waals surface area contributed by atoms with Crippen molar-refractivity contribution in [3.63, 3.8) is 0 Å². The maximum absolute atomic E-state index is 12.9. The third kappa shape index (κ3) is 8.85. The molecule has 186 valence electrons. The van der Waals surface area contributed by atoms with Crippen LogP contribution in [0.15, 0.2) is 36.5 Å². The molecule has 2 rings (SSSR count). The molecule has 0 aliphatic carbocycles. The Morgan fingerprint density at radius 1 is 1.24 bits per heavy atom. The molecule has 0 radical (unpaired) electrons. The number of ether oxygens (including phenoxy) is 4. The van der Waals surface area contributed by atoms with E-state index in [2.05, 4.69) is 4.98 Å². The molecule has 0 saturated carbocycles. The van der Waals surface area contributed by atoms with E-state index in [1.54, 1.807) is 19.1 Å². The summed E-state index contributed by atoms with van der Waals surface area (Å²) >= 11 is 5.95. The van der Waals surface area contributed by atoms with Crippen molar-refractivity contribution in [1.29, 1.82) is 0 Å². The van der Waals surface area contributed by atoms with Crippen LogP contribution < -0.4 is 9.47 Å². The van der Waals surface area contributed by atoms with Crippen LogP contribution in [-0.2, 0) is 20.4 Å². The Kier molecular flexibility index (Phi) is 10.2. The number of aromatic nitrogens is 1. The zero-order valence-corrected chi connectivity index (χ0v) is 19.5. The van der Waals surface area contributed by atoms with Gasteiger partial charge in [0.05, 0.1) is 24.9 Å². The number of pyridine rings is 1. The predicted molar refractivity (Wildman–Crippen MR) is 119 cm³/mol. The van der Waals surface area contributed by atoms with Crippen molar-refractivity contribution in [2.75, 3.05) is 19.8 Å². The zero-order chi connectivity index (χ0) is 25.3. The highest BCUT2D eigenvalue weighted by Crippen LogP contribution is 2.36. The van der Waals surface area contributed by atoms with Gasteiger partial charge in [-0.05, 0) is 45.0 Å². The molecule has 0 saturated heterocycles. The molecule has 1 heterocycles. The lowest BCUT2D eigenvalue weighted by atomic mass is 10.1. The van der Waals surface area contributed by atoms with E-state index >= 15 is 0 Å². The fraction of sp³-hybridized carbons (Fsp3) is 0.391. The van der Waals surface area contributed by atoms with E-state index in [-0.39, 0.29) is 48.3 Å². The van der Waals surface area contributed by atoms with Crippen LogP contribution in [-0.4, -0.2) is 48.1 Å². The highest BCUT2D eigenvalue weighted by molar-refractivity contribution is 6.31. The number of esters is 1. The summed E-state index contributed by atoms with van der Waals surface area (Å²) in [5.74, 6) is -0.481. The average molecular weight is 504 g/mol. The van der Waals surface area contributed by atoms with E-state index in [1.807, 2.05) is 13.8 Å². The normalized spacial score (nSPS) is 12.7. The lowest BCUT2D eigenvalue weighted by molar-refractivity contribution is -0.138. The van der Waals surface area contributed by atoms with Gasteiger partial charge in [0.15, 0.2) is 0 Å². The molecule has 0 fully saturated rings. The van der Waals surface area contributed by atoms with Crippen LogP contribution in [0.4, 0.5) is 13.2 Å². The molecular weight excluding hydrogens is 479 g/mol. The second kappa shape index (κ2) is 12.6. The monoisotopic (exact) mass is 503 g/mol. The quantitative estimate of drug-likeness (QED) is 0.329. The van der Waals surface area contributed by atoms with Crippen LogP contribution in [0.5, 0.6) is 17.4 Å². The number of benzene rings is 1. The van der Waals surface area contributed by atoms with Gasteiger partial charge >= 0.3 is 12.1 Å². The highest BCUT2D eigenvalue weighted by atomic mass is 35.5. The van der Waals surface area contributed by atoms with Crippen molar-refractivity contribution in [3.8, 4) is 17.4 Å². The maximum atomic E-state index is 12.9. The molecule has 1 unspecified atom stereocenters. The van der Waals surface area contributed by atoms with Gasteiger partial charge in [-0.2, -0.15) is 13.2 Å². The number of aliphatic hydroxyl groups is 1. The topological polar surface area (TPSA) is 87.1 Å². The molecule has 11 heteroatoms. The molecule has 0 spiro atoms. The third-order valence-corrected chi connectivity index (χ3v) is 4.35. The van der Waals surface area contributed by atoms with Gasteiger partial charge in [-0.1, -0.05) is 11.6 Å². The maximum Gasteiger partial charge on any atom is 0.417 e. The molecule has 0 amide bonds. The van der Waals surface area contributed by atoms with Gasteiger partial charge in [0.2, 0.25) is 5.88 Å². The molecular formula is C23H25ClF3NO6. The summed E-state index contributed by atoms with van der Waals surface area (Å²) in [5, 5.41) is 9.62. The van der Waals surface area contributed by atoms with Crippen molar-refractivity contribution in [2.24, 2.45) is 0 Å². The molecule has 1 aromatic carbocycles. The molecule has 2 aromatic rings.